The topological polar surface area (TPSA) is 52.6 Å². The number of aldehydes is 1. The second kappa shape index (κ2) is 5.45. The molecule has 1 saturated heterocycles. The molecule has 0 aromatic carbocycles. The van der Waals surface area contributed by atoms with Gasteiger partial charge in [-0.05, 0) is 26.7 Å². The monoisotopic (exact) mass is 240 g/mol. The molecule has 0 radical (unpaired) electrons. The van der Waals surface area contributed by atoms with E-state index in [-0.39, 0.29) is 17.6 Å². The van der Waals surface area contributed by atoms with Crippen molar-refractivity contribution >= 4 is 12.3 Å². The van der Waals surface area contributed by atoms with E-state index in [2.05, 4.69) is 6.58 Å². The lowest BCUT2D eigenvalue weighted by Gasteiger charge is -2.22. The van der Waals surface area contributed by atoms with E-state index >= 15 is 0 Å². The van der Waals surface area contributed by atoms with Gasteiger partial charge in [0.15, 0.2) is 12.4 Å². The lowest BCUT2D eigenvalue weighted by Crippen LogP contribution is -2.33. The average molecular weight is 240 g/mol. The van der Waals surface area contributed by atoms with Crippen LogP contribution in [0.15, 0.2) is 12.7 Å². The Morgan fingerprint density at radius 2 is 2.29 bits per heavy atom. The van der Waals surface area contributed by atoms with Crippen molar-refractivity contribution in [1.82, 2.24) is 0 Å². The third-order valence-corrected chi connectivity index (χ3v) is 2.93. The Hall–Kier alpha value is -1.16. The van der Waals surface area contributed by atoms with E-state index in [1.807, 2.05) is 13.8 Å². The molecule has 1 heterocycles. The van der Waals surface area contributed by atoms with E-state index < -0.39 is 12.1 Å². The lowest BCUT2D eigenvalue weighted by atomic mass is 9.88. The highest BCUT2D eigenvalue weighted by molar-refractivity contribution is 5.70. The van der Waals surface area contributed by atoms with Gasteiger partial charge >= 0.3 is 5.97 Å². The Kier molecular flexibility index (Phi) is 4.46. The van der Waals surface area contributed by atoms with Gasteiger partial charge in [0.2, 0.25) is 0 Å². The Bertz CT molecular complexity index is 309. The van der Waals surface area contributed by atoms with Gasteiger partial charge in [0.05, 0.1) is 11.7 Å². The average Bonchev–Trinajstić information content (AvgIpc) is 2.50. The first-order chi connectivity index (χ1) is 7.89. The number of hydrogen-bond donors (Lipinski definition) is 0. The third kappa shape index (κ3) is 3.66. The molecule has 0 spiro atoms. The molecule has 4 heteroatoms. The first-order valence-electron chi connectivity index (χ1n) is 5.81. The van der Waals surface area contributed by atoms with Crippen LogP contribution in [0, 0.1) is 5.92 Å². The highest BCUT2D eigenvalue weighted by Gasteiger charge is 2.44. The highest BCUT2D eigenvalue weighted by Crippen LogP contribution is 2.38. The summed E-state index contributed by atoms with van der Waals surface area (Å²) in [7, 11) is 0. The fraction of sp³-hybridized carbons (Fsp3) is 0.692. The van der Waals surface area contributed by atoms with E-state index in [4.69, 9.17) is 9.47 Å². The van der Waals surface area contributed by atoms with Crippen molar-refractivity contribution in [2.45, 2.75) is 51.4 Å². The second-order valence-corrected chi connectivity index (χ2v) is 5.02. The van der Waals surface area contributed by atoms with Crippen LogP contribution in [-0.2, 0) is 19.1 Å². The molecule has 0 aromatic rings. The molecule has 3 atom stereocenters. The van der Waals surface area contributed by atoms with Crippen molar-refractivity contribution < 1.29 is 19.1 Å². The largest absolute Gasteiger partial charge is 0.454 e. The van der Waals surface area contributed by atoms with Crippen LogP contribution in [-0.4, -0.2) is 30.1 Å². The number of ether oxygens (including phenoxy) is 2. The number of rotatable bonds is 5. The van der Waals surface area contributed by atoms with Crippen LogP contribution in [0.1, 0.15) is 33.6 Å². The summed E-state index contributed by atoms with van der Waals surface area (Å²) >= 11 is 0. The summed E-state index contributed by atoms with van der Waals surface area (Å²) in [6, 6.07) is 0. The summed E-state index contributed by atoms with van der Waals surface area (Å²) in [4.78, 5) is 22.0. The third-order valence-electron chi connectivity index (χ3n) is 2.93. The molecule has 0 amide bonds. The van der Waals surface area contributed by atoms with Crippen LogP contribution in [0.25, 0.3) is 0 Å². The first kappa shape index (κ1) is 13.9. The second-order valence-electron chi connectivity index (χ2n) is 5.02. The van der Waals surface area contributed by atoms with Crippen molar-refractivity contribution in [2.24, 2.45) is 5.92 Å². The normalized spacial score (nSPS) is 28.4. The van der Waals surface area contributed by atoms with Crippen molar-refractivity contribution in [2.75, 3.05) is 0 Å². The molecule has 0 saturated carbocycles. The summed E-state index contributed by atoms with van der Waals surface area (Å²) in [5.74, 6) is -0.534. The highest BCUT2D eigenvalue weighted by atomic mass is 16.6. The Balaban J connectivity index is 2.80. The number of carbonyl (C=O) groups excluding carboxylic acids is 2. The predicted molar refractivity (Wildman–Crippen MR) is 63.5 cm³/mol. The summed E-state index contributed by atoms with van der Waals surface area (Å²) in [6.07, 6.45) is 2.96. The summed E-state index contributed by atoms with van der Waals surface area (Å²) in [5.41, 5.74) is -0.292. The summed E-state index contributed by atoms with van der Waals surface area (Å²) < 4.78 is 10.9. The first-order valence-corrected chi connectivity index (χ1v) is 5.81. The van der Waals surface area contributed by atoms with Gasteiger partial charge in [-0.1, -0.05) is 6.08 Å². The number of hydrogen-bond acceptors (Lipinski definition) is 4. The minimum absolute atomic E-state index is 0.0931. The molecular weight excluding hydrogens is 220 g/mol. The van der Waals surface area contributed by atoms with Crippen LogP contribution in [0.5, 0.6) is 0 Å². The Labute approximate surface area is 102 Å². The van der Waals surface area contributed by atoms with Crippen molar-refractivity contribution in [3.63, 3.8) is 0 Å². The quantitative estimate of drug-likeness (QED) is 0.418. The fourth-order valence-corrected chi connectivity index (χ4v) is 2.37. The van der Waals surface area contributed by atoms with Crippen LogP contribution >= 0.6 is 0 Å². The maximum atomic E-state index is 11.0. The van der Waals surface area contributed by atoms with Gasteiger partial charge < -0.3 is 9.47 Å². The molecule has 96 valence electrons. The lowest BCUT2D eigenvalue weighted by molar-refractivity contribution is -0.153. The van der Waals surface area contributed by atoms with Gasteiger partial charge in [-0.25, -0.2) is 0 Å². The van der Waals surface area contributed by atoms with Crippen molar-refractivity contribution in [1.29, 1.82) is 0 Å². The van der Waals surface area contributed by atoms with Crippen LogP contribution in [0.2, 0.25) is 0 Å². The minimum Gasteiger partial charge on any atom is -0.454 e. The van der Waals surface area contributed by atoms with Gasteiger partial charge in [-0.15, -0.1) is 6.58 Å². The Morgan fingerprint density at radius 1 is 1.65 bits per heavy atom. The van der Waals surface area contributed by atoms with Gasteiger partial charge in [0, 0.05) is 12.8 Å². The smallest absolute Gasteiger partial charge is 0.303 e. The maximum absolute atomic E-state index is 11.0. The molecular formula is C13H20O4. The van der Waals surface area contributed by atoms with Crippen LogP contribution in [0.3, 0.4) is 0 Å². The zero-order valence-electron chi connectivity index (χ0n) is 10.6. The molecule has 0 bridgehead atoms. The molecule has 1 rings (SSSR count). The number of carbonyl (C=O) groups is 2. The summed E-state index contributed by atoms with van der Waals surface area (Å²) in [6.45, 7) is 8.92. The molecule has 0 unspecified atom stereocenters. The molecule has 4 nitrogen and oxygen atoms in total. The fourth-order valence-electron chi connectivity index (χ4n) is 2.37. The Morgan fingerprint density at radius 3 is 2.76 bits per heavy atom. The van der Waals surface area contributed by atoms with E-state index in [1.54, 1.807) is 6.08 Å². The molecule has 1 aliphatic heterocycles. The molecule has 17 heavy (non-hydrogen) atoms. The molecule has 0 aromatic heterocycles. The van der Waals surface area contributed by atoms with E-state index in [0.717, 1.165) is 0 Å². The zero-order valence-corrected chi connectivity index (χ0v) is 10.6. The van der Waals surface area contributed by atoms with Crippen LogP contribution < -0.4 is 0 Å². The minimum atomic E-state index is -0.723. The van der Waals surface area contributed by atoms with E-state index in [1.165, 1.54) is 6.92 Å². The van der Waals surface area contributed by atoms with E-state index in [0.29, 0.717) is 19.1 Å². The number of esters is 1. The van der Waals surface area contributed by atoms with Crippen molar-refractivity contribution in [3.05, 3.63) is 12.7 Å². The molecule has 0 aliphatic carbocycles. The zero-order chi connectivity index (χ0) is 13.1. The van der Waals surface area contributed by atoms with Crippen molar-refractivity contribution in [3.8, 4) is 0 Å². The SMILES string of the molecule is C=CC[C@H]1OC(C)(C)C[C@@H]1[C@@H](C=O)OC(C)=O. The van der Waals surface area contributed by atoms with Gasteiger partial charge in [0.25, 0.3) is 0 Å². The standard InChI is InChI=1S/C13H20O4/c1-5-6-11-10(7-13(3,4)17-11)12(8-14)16-9(2)15/h5,8,10-12H,1,6-7H2,2-4H3/t10-,11+,12+/m0/s1. The maximum Gasteiger partial charge on any atom is 0.303 e. The van der Waals surface area contributed by atoms with Gasteiger partial charge in [0.1, 0.15) is 0 Å². The molecule has 1 fully saturated rings. The van der Waals surface area contributed by atoms with Gasteiger partial charge in [-0.3, -0.25) is 9.59 Å². The molecule has 1 aliphatic rings. The van der Waals surface area contributed by atoms with Crippen LogP contribution in [0.4, 0.5) is 0 Å². The molecule has 0 N–H and O–H groups in total. The van der Waals surface area contributed by atoms with Gasteiger partial charge in [-0.2, -0.15) is 0 Å². The summed E-state index contributed by atoms with van der Waals surface area (Å²) in [5, 5.41) is 0. The van der Waals surface area contributed by atoms with E-state index in [9.17, 15) is 9.59 Å². The predicted octanol–water partition coefficient (Wildman–Crippen LogP) is 1.88.